The predicted molar refractivity (Wildman–Crippen MR) is 124 cm³/mol. The fourth-order valence-corrected chi connectivity index (χ4v) is 4.04. The fourth-order valence-electron chi connectivity index (χ4n) is 4.04. The van der Waals surface area contributed by atoms with Crippen LogP contribution in [0.3, 0.4) is 0 Å². The second kappa shape index (κ2) is 8.59. The summed E-state index contributed by atoms with van der Waals surface area (Å²) < 4.78 is 6.00. The number of phenolic OH excluding ortho intramolecular Hbond substituents is 1. The van der Waals surface area contributed by atoms with E-state index in [1.807, 2.05) is 71.6 Å². The molecule has 0 atom stereocenters. The molecule has 0 bridgehead atoms. The van der Waals surface area contributed by atoms with Gasteiger partial charge in [-0.15, -0.1) is 0 Å². The summed E-state index contributed by atoms with van der Waals surface area (Å²) in [5, 5.41) is 10.1. The molecule has 1 saturated heterocycles. The van der Waals surface area contributed by atoms with Crippen molar-refractivity contribution < 1.29 is 14.3 Å². The molecule has 2 heterocycles. The van der Waals surface area contributed by atoms with E-state index in [9.17, 15) is 9.90 Å². The van der Waals surface area contributed by atoms with Gasteiger partial charge in [0.15, 0.2) is 5.76 Å². The molecule has 3 aromatic carbocycles. The second-order valence-electron chi connectivity index (χ2n) is 7.71. The highest BCUT2D eigenvalue weighted by molar-refractivity contribution is 6.00. The SMILES string of the molecule is O=C(c1ccccc1-c1ncc(-c2ccccc2)o1)N1CCN(c2ccccc2O)CC1. The van der Waals surface area contributed by atoms with Crippen molar-refractivity contribution in [3.8, 4) is 28.5 Å². The average molecular weight is 425 g/mol. The first kappa shape index (κ1) is 19.9. The monoisotopic (exact) mass is 425 g/mol. The van der Waals surface area contributed by atoms with Crippen LogP contribution in [0.1, 0.15) is 10.4 Å². The zero-order valence-corrected chi connectivity index (χ0v) is 17.5. The van der Waals surface area contributed by atoms with Crippen LogP contribution in [-0.2, 0) is 0 Å². The summed E-state index contributed by atoms with van der Waals surface area (Å²) in [5.41, 5.74) is 3.00. The molecule has 160 valence electrons. The van der Waals surface area contributed by atoms with Crippen LogP contribution in [0, 0.1) is 0 Å². The van der Waals surface area contributed by atoms with Gasteiger partial charge in [0.1, 0.15) is 5.75 Å². The van der Waals surface area contributed by atoms with E-state index < -0.39 is 0 Å². The van der Waals surface area contributed by atoms with Crippen molar-refractivity contribution in [1.29, 1.82) is 0 Å². The van der Waals surface area contributed by atoms with Gasteiger partial charge in [0.2, 0.25) is 5.89 Å². The van der Waals surface area contributed by atoms with Crippen LogP contribution in [0.5, 0.6) is 5.75 Å². The summed E-state index contributed by atoms with van der Waals surface area (Å²) >= 11 is 0. The molecule has 5 rings (SSSR count). The first-order valence-corrected chi connectivity index (χ1v) is 10.6. The van der Waals surface area contributed by atoms with Crippen molar-refractivity contribution >= 4 is 11.6 Å². The van der Waals surface area contributed by atoms with E-state index in [-0.39, 0.29) is 11.7 Å². The summed E-state index contributed by atoms with van der Waals surface area (Å²) in [6.45, 7) is 2.45. The zero-order valence-electron chi connectivity index (χ0n) is 17.5. The highest BCUT2D eigenvalue weighted by atomic mass is 16.4. The summed E-state index contributed by atoms with van der Waals surface area (Å²) in [5.74, 6) is 1.31. The maximum absolute atomic E-state index is 13.4. The van der Waals surface area contributed by atoms with Crippen LogP contribution in [0.15, 0.2) is 89.5 Å². The predicted octanol–water partition coefficient (Wildman–Crippen LogP) is 4.68. The first-order valence-electron chi connectivity index (χ1n) is 10.6. The van der Waals surface area contributed by atoms with E-state index in [0.29, 0.717) is 49.0 Å². The number of amides is 1. The molecule has 1 fully saturated rings. The Labute approximate surface area is 186 Å². The number of piperazine rings is 1. The summed E-state index contributed by atoms with van der Waals surface area (Å²) in [6, 6.07) is 24.5. The summed E-state index contributed by atoms with van der Waals surface area (Å²) in [7, 11) is 0. The maximum Gasteiger partial charge on any atom is 0.254 e. The van der Waals surface area contributed by atoms with Crippen LogP contribution < -0.4 is 4.90 Å². The fraction of sp³-hybridized carbons (Fsp3) is 0.154. The number of aromatic nitrogens is 1. The topological polar surface area (TPSA) is 69.8 Å². The standard InChI is InChI=1S/C26H23N3O3/c30-23-13-7-6-12-22(23)28-14-16-29(17-15-28)26(31)21-11-5-4-10-20(21)25-27-18-24(32-25)19-8-2-1-3-9-19/h1-13,18,30H,14-17H2. The molecule has 1 aliphatic rings. The van der Waals surface area contributed by atoms with Gasteiger partial charge in [-0.2, -0.15) is 0 Å². The number of phenols is 1. The molecule has 0 saturated carbocycles. The van der Waals surface area contributed by atoms with Crippen molar-refractivity contribution in [1.82, 2.24) is 9.88 Å². The summed E-state index contributed by atoms with van der Waals surface area (Å²) in [4.78, 5) is 21.8. The minimum atomic E-state index is -0.0444. The normalized spacial score (nSPS) is 13.9. The van der Waals surface area contributed by atoms with Gasteiger partial charge in [0.05, 0.1) is 17.4 Å². The number of benzene rings is 3. The van der Waals surface area contributed by atoms with Gasteiger partial charge in [0.25, 0.3) is 5.91 Å². The van der Waals surface area contributed by atoms with Crippen molar-refractivity contribution in [3.05, 3.63) is 90.6 Å². The minimum Gasteiger partial charge on any atom is -0.506 e. The lowest BCUT2D eigenvalue weighted by atomic mass is 10.1. The first-order chi connectivity index (χ1) is 15.7. The smallest absolute Gasteiger partial charge is 0.254 e. The number of rotatable bonds is 4. The minimum absolute atomic E-state index is 0.0444. The van der Waals surface area contributed by atoms with E-state index in [0.717, 1.165) is 11.3 Å². The number of anilines is 1. The molecule has 4 aromatic rings. The third-order valence-electron chi connectivity index (χ3n) is 5.74. The van der Waals surface area contributed by atoms with Gasteiger partial charge in [-0.3, -0.25) is 4.79 Å². The number of oxazole rings is 1. The van der Waals surface area contributed by atoms with E-state index in [4.69, 9.17) is 4.42 Å². The van der Waals surface area contributed by atoms with Crippen LogP contribution >= 0.6 is 0 Å². The van der Waals surface area contributed by atoms with E-state index in [2.05, 4.69) is 9.88 Å². The third-order valence-corrected chi connectivity index (χ3v) is 5.74. The Kier molecular flexibility index (Phi) is 5.34. The second-order valence-corrected chi connectivity index (χ2v) is 7.71. The van der Waals surface area contributed by atoms with Crippen molar-refractivity contribution in [2.45, 2.75) is 0 Å². The Morgan fingerprint density at radius 2 is 1.53 bits per heavy atom. The Hall–Kier alpha value is -4.06. The number of nitrogens with zero attached hydrogens (tertiary/aromatic N) is 3. The Bertz CT molecular complexity index is 1230. The molecule has 0 spiro atoms. The Morgan fingerprint density at radius 3 is 2.31 bits per heavy atom. The molecule has 0 unspecified atom stereocenters. The molecule has 0 radical (unpaired) electrons. The van der Waals surface area contributed by atoms with Crippen molar-refractivity contribution in [2.75, 3.05) is 31.1 Å². The van der Waals surface area contributed by atoms with Gasteiger partial charge in [-0.1, -0.05) is 54.6 Å². The van der Waals surface area contributed by atoms with Crippen LogP contribution in [0.2, 0.25) is 0 Å². The van der Waals surface area contributed by atoms with Crippen LogP contribution in [-0.4, -0.2) is 47.1 Å². The molecular formula is C26H23N3O3. The number of carbonyl (C=O) groups is 1. The molecule has 32 heavy (non-hydrogen) atoms. The highest BCUT2D eigenvalue weighted by Gasteiger charge is 2.26. The lowest BCUT2D eigenvalue weighted by Gasteiger charge is -2.36. The Balaban J connectivity index is 1.35. The summed E-state index contributed by atoms with van der Waals surface area (Å²) in [6.07, 6.45) is 1.69. The number of hydrogen-bond acceptors (Lipinski definition) is 5. The third kappa shape index (κ3) is 3.83. The number of carbonyl (C=O) groups excluding carboxylic acids is 1. The molecule has 1 N–H and O–H groups in total. The Morgan fingerprint density at radius 1 is 0.844 bits per heavy atom. The van der Waals surface area contributed by atoms with Gasteiger partial charge in [0, 0.05) is 37.3 Å². The number of hydrogen-bond donors (Lipinski definition) is 1. The molecule has 6 nitrogen and oxygen atoms in total. The molecule has 6 heteroatoms. The molecule has 1 aliphatic heterocycles. The maximum atomic E-state index is 13.4. The average Bonchev–Trinajstić information content (AvgIpc) is 3.35. The number of para-hydroxylation sites is 2. The van der Waals surface area contributed by atoms with Gasteiger partial charge < -0.3 is 19.3 Å². The molecular weight excluding hydrogens is 402 g/mol. The van der Waals surface area contributed by atoms with E-state index in [1.54, 1.807) is 18.3 Å². The van der Waals surface area contributed by atoms with Gasteiger partial charge >= 0.3 is 0 Å². The lowest BCUT2D eigenvalue weighted by molar-refractivity contribution is 0.0747. The number of aromatic hydroxyl groups is 1. The van der Waals surface area contributed by atoms with Gasteiger partial charge in [-0.25, -0.2) is 4.98 Å². The van der Waals surface area contributed by atoms with Crippen molar-refractivity contribution in [3.63, 3.8) is 0 Å². The van der Waals surface area contributed by atoms with E-state index in [1.165, 1.54) is 0 Å². The van der Waals surface area contributed by atoms with Crippen LogP contribution in [0.4, 0.5) is 5.69 Å². The highest BCUT2D eigenvalue weighted by Crippen LogP contribution is 2.30. The lowest BCUT2D eigenvalue weighted by Crippen LogP contribution is -2.48. The van der Waals surface area contributed by atoms with Crippen LogP contribution in [0.25, 0.3) is 22.8 Å². The van der Waals surface area contributed by atoms with E-state index >= 15 is 0 Å². The molecule has 0 aliphatic carbocycles. The largest absolute Gasteiger partial charge is 0.506 e. The molecule has 1 amide bonds. The van der Waals surface area contributed by atoms with Crippen molar-refractivity contribution in [2.24, 2.45) is 0 Å². The zero-order chi connectivity index (χ0) is 21.9. The molecule has 1 aromatic heterocycles. The quantitative estimate of drug-likeness (QED) is 0.514. The van der Waals surface area contributed by atoms with Gasteiger partial charge in [-0.05, 0) is 24.3 Å².